The third-order valence-corrected chi connectivity index (χ3v) is 6.27. The van der Waals surface area contributed by atoms with Gasteiger partial charge in [-0.3, -0.25) is 0 Å². The van der Waals surface area contributed by atoms with E-state index in [9.17, 15) is 0 Å². The molecule has 120 valence electrons. The highest BCUT2D eigenvalue weighted by Gasteiger charge is 2.56. The van der Waals surface area contributed by atoms with E-state index in [1.54, 1.807) is 0 Å². The lowest BCUT2D eigenvalue weighted by molar-refractivity contribution is -0.115. The Kier molecular flexibility index (Phi) is 4.43. The van der Waals surface area contributed by atoms with Gasteiger partial charge in [0.05, 0.1) is 36.6 Å². The predicted octanol–water partition coefficient (Wildman–Crippen LogP) is 1.39. The maximum absolute atomic E-state index is 5.72. The zero-order valence-electron chi connectivity index (χ0n) is 14.1. The van der Waals surface area contributed by atoms with Crippen LogP contribution < -0.4 is 0 Å². The Bertz CT molecular complexity index is 385. The van der Waals surface area contributed by atoms with Crippen molar-refractivity contribution in [2.75, 3.05) is 13.2 Å². The minimum Gasteiger partial charge on any atom is -0.376 e. The highest BCUT2D eigenvalue weighted by molar-refractivity contribution is 6.12. The highest BCUT2D eigenvalue weighted by Crippen LogP contribution is 2.46. The summed E-state index contributed by atoms with van der Waals surface area (Å²) in [6, 6.07) is -0.391. The number of ether oxygens (including phenoxy) is 4. The van der Waals surface area contributed by atoms with Crippen molar-refractivity contribution in [3.63, 3.8) is 0 Å². The quantitative estimate of drug-likeness (QED) is 0.723. The average molecular weight is 304 g/mol. The Morgan fingerprint density at radius 2 is 1.18 bits per heavy atom. The van der Waals surface area contributed by atoms with Crippen molar-refractivity contribution in [1.29, 1.82) is 0 Å². The highest BCUT2D eigenvalue weighted by atomic mass is 16.6. The Morgan fingerprint density at radius 3 is 1.32 bits per heavy atom. The Hall–Kier alpha value is -0.0301. The Morgan fingerprint density at radius 1 is 0.818 bits per heavy atom. The summed E-state index contributed by atoms with van der Waals surface area (Å²) in [5, 5.41) is 0. The SMILES string of the molecule is [B][C@@H]1O[C@@]2(CC)COC1C2C.[B][C@@H]1O[C@]2(CC)COC1[C@@H]2C. The van der Waals surface area contributed by atoms with Gasteiger partial charge in [-0.15, -0.1) is 0 Å². The van der Waals surface area contributed by atoms with Crippen LogP contribution >= 0.6 is 0 Å². The van der Waals surface area contributed by atoms with Gasteiger partial charge in [-0.2, -0.15) is 0 Å². The first-order valence-electron chi connectivity index (χ1n) is 8.49. The second-order valence-corrected chi connectivity index (χ2v) is 7.13. The van der Waals surface area contributed by atoms with E-state index in [2.05, 4.69) is 27.7 Å². The molecule has 0 aromatic heterocycles. The van der Waals surface area contributed by atoms with Gasteiger partial charge in [0.15, 0.2) is 0 Å². The lowest BCUT2D eigenvalue weighted by Gasteiger charge is -2.29. The van der Waals surface area contributed by atoms with E-state index in [0.29, 0.717) is 11.8 Å². The topological polar surface area (TPSA) is 36.9 Å². The molecule has 22 heavy (non-hydrogen) atoms. The van der Waals surface area contributed by atoms with Crippen molar-refractivity contribution in [3.05, 3.63) is 0 Å². The lowest BCUT2D eigenvalue weighted by Crippen LogP contribution is -2.37. The molecule has 4 rings (SSSR count). The number of hydrogen-bond donors (Lipinski definition) is 0. The zero-order valence-corrected chi connectivity index (χ0v) is 14.1. The molecule has 0 spiro atoms. The van der Waals surface area contributed by atoms with Crippen LogP contribution in [0.15, 0.2) is 0 Å². The maximum Gasteiger partial charge on any atom is 0.112 e. The molecule has 3 unspecified atom stereocenters. The fourth-order valence-electron chi connectivity index (χ4n) is 4.36. The van der Waals surface area contributed by atoms with Crippen LogP contribution in [0.3, 0.4) is 0 Å². The second kappa shape index (κ2) is 5.80. The van der Waals surface area contributed by atoms with E-state index < -0.39 is 0 Å². The molecule has 4 radical (unpaired) electrons. The molecule has 4 heterocycles. The molecule has 0 aliphatic carbocycles. The minimum atomic E-state index is -0.196. The third kappa shape index (κ3) is 2.29. The summed E-state index contributed by atoms with van der Waals surface area (Å²) in [5.74, 6) is 0.921. The number of rotatable bonds is 2. The van der Waals surface area contributed by atoms with E-state index in [1.807, 2.05) is 0 Å². The second-order valence-electron chi connectivity index (χ2n) is 7.13. The molecule has 0 amide bonds. The lowest BCUT2D eigenvalue weighted by atomic mass is 9.85. The van der Waals surface area contributed by atoms with Gasteiger partial charge >= 0.3 is 0 Å². The van der Waals surface area contributed by atoms with Crippen molar-refractivity contribution < 1.29 is 18.9 Å². The Labute approximate surface area is 136 Å². The first-order valence-corrected chi connectivity index (χ1v) is 8.49. The van der Waals surface area contributed by atoms with Gasteiger partial charge in [0.1, 0.15) is 15.7 Å². The van der Waals surface area contributed by atoms with Crippen molar-refractivity contribution in [2.24, 2.45) is 11.8 Å². The summed E-state index contributed by atoms with van der Waals surface area (Å²) < 4.78 is 22.4. The Balaban J connectivity index is 0.000000131. The molecule has 4 bridgehead atoms. The van der Waals surface area contributed by atoms with Crippen LogP contribution in [0.2, 0.25) is 0 Å². The van der Waals surface area contributed by atoms with Crippen LogP contribution in [-0.4, -0.2) is 64.3 Å². The smallest absolute Gasteiger partial charge is 0.112 e. The van der Waals surface area contributed by atoms with Gasteiger partial charge in [0.2, 0.25) is 0 Å². The fourth-order valence-corrected chi connectivity index (χ4v) is 4.36. The number of hydrogen-bond acceptors (Lipinski definition) is 4. The van der Waals surface area contributed by atoms with Crippen molar-refractivity contribution in [2.45, 2.75) is 76.0 Å². The van der Waals surface area contributed by atoms with E-state index >= 15 is 0 Å². The van der Waals surface area contributed by atoms with E-state index in [4.69, 9.17) is 34.6 Å². The van der Waals surface area contributed by atoms with E-state index in [0.717, 1.165) is 26.1 Å². The monoisotopic (exact) mass is 304 g/mol. The summed E-state index contributed by atoms with van der Waals surface area (Å²) in [7, 11) is 11.4. The summed E-state index contributed by atoms with van der Waals surface area (Å²) in [6.07, 6.45) is 2.27. The summed E-state index contributed by atoms with van der Waals surface area (Å²) in [5.41, 5.74) is -0.131. The van der Waals surface area contributed by atoms with E-state index in [-0.39, 0.29) is 35.4 Å². The molecule has 4 aliphatic heterocycles. The normalized spacial score (nSPS) is 55.3. The predicted molar refractivity (Wildman–Crippen MR) is 85.1 cm³/mol. The molecule has 0 aromatic rings. The van der Waals surface area contributed by atoms with Gasteiger partial charge in [0.25, 0.3) is 0 Å². The molecular formula is C16H26B2O4. The van der Waals surface area contributed by atoms with Gasteiger partial charge < -0.3 is 18.9 Å². The zero-order chi connectivity index (χ0) is 16.1. The van der Waals surface area contributed by atoms with Crippen LogP contribution in [-0.2, 0) is 18.9 Å². The first kappa shape index (κ1) is 16.8. The average Bonchev–Trinajstić information content (AvgIpc) is 3.15. The largest absolute Gasteiger partial charge is 0.376 e. The minimum absolute atomic E-state index is 0.0654. The summed E-state index contributed by atoms with van der Waals surface area (Å²) in [6.45, 7) is 10.0. The van der Waals surface area contributed by atoms with Crippen molar-refractivity contribution in [1.82, 2.24) is 0 Å². The van der Waals surface area contributed by atoms with Crippen LogP contribution in [0.1, 0.15) is 40.5 Å². The number of fused-ring (bicyclic) bond motifs is 4. The maximum atomic E-state index is 5.72. The van der Waals surface area contributed by atoms with Gasteiger partial charge in [-0.1, -0.05) is 27.7 Å². The molecule has 4 saturated heterocycles. The van der Waals surface area contributed by atoms with Crippen LogP contribution in [0, 0.1) is 11.8 Å². The van der Waals surface area contributed by atoms with Gasteiger partial charge in [0, 0.05) is 23.8 Å². The summed E-state index contributed by atoms with van der Waals surface area (Å²) >= 11 is 0. The molecule has 6 heteroatoms. The molecule has 0 aromatic carbocycles. The van der Waals surface area contributed by atoms with Crippen LogP contribution in [0.4, 0.5) is 0 Å². The molecule has 8 atom stereocenters. The van der Waals surface area contributed by atoms with Crippen LogP contribution in [0.5, 0.6) is 0 Å². The molecule has 4 fully saturated rings. The standard InChI is InChI=1S/2C8H13BO2/c2*1-3-8-4-10-6(5(8)2)7(9)11-8/h2*5-7H,3-4H2,1-2H3/t5?,6?,7-,8+;5-,6?,7+,8+/m10/s1. The van der Waals surface area contributed by atoms with Gasteiger partial charge in [-0.05, 0) is 12.8 Å². The molecule has 4 nitrogen and oxygen atoms in total. The third-order valence-electron chi connectivity index (χ3n) is 6.27. The molecule has 0 N–H and O–H groups in total. The van der Waals surface area contributed by atoms with Gasteiger partial charge in [-0.25, -0.2) is 0 Å². The van der Waals surface area contributed by atoms with Crippen molar-refractivity contribution in [3.8, 4) is 0 Å². The first-order chi connectivity index (χ1) is 10.4. The van der Waals surface area contributed by atoms with Crippen molar-refractivity contribution >= 4 is 15.7 Å². The fraction of sp³-hybridized carbons (Fsp3) is 1.00. The van der Waals surface area contributed by atoms with Crippen LogP contribution in [0.25, 0.3) is 0 Å². The molecule has 0 saturated carbocycles. The van der Waals surface area contributed by atoms with E-state index in [1.165, 1.54) is 0 Å². The summed E-state index contributed by atoms with van der Waals surface area (Å²) in [4.78, 5) is 0. The molecular weight excluding hydrogens is 278 g/mol. The molecule has 4 aliphatic rings.